The number of aryl methyl sites for hydroxylation is 1. The van der Waals surface area contributed by atoms with Gasteiger partial charge in [-0.1, -0.05) is 17.7 Å². The van der Waals surface area contributed by atoms with Gasteiger partial charge in [-0.3, -0.25) is 0 Å². The number of rotatable bonds is 3. The second kappa shape index (κ2) is 5.02. The molecule has 0 atom stereocenters. The van der Waals surface area contributed by atoms with Crippen molar-refractivity contribution in [3.8, 4) is 0 Å². The SMILES string of the molecule is Cc1ccc(F)c(CNc2ccc3sccc3c2)c1. The van der Waals surface area contributed by atoms with Crippen molar-refractivity contribution in [2.24, 2.45) is 0 Å². The summed E-state index contributed by atoms with van der Waals surface area (Å²) in [6.45, 7) is 2.48. The molecule has 1 heterocycles. The Bertz CT molecular complexity index is 718. The zero-order valence-electron chi connectivity index (χ0n) is 10.6. The van der Waals surface area contributed by atoms with Crippen LogP contribution in [0.5, 0.6) is 0 Å². The Hall–Kier alpha value is -1.87. The third-order valence-electron chi connectivity index (χ3n) is 3.14. The molecule has 0 amide bonds. The molecule has 0 fully saturated rings. The monoisotopic (exact) mass is 271 g/mol. The van der Waals surface area contributed by atoms with Crippen LogP contribution >= 0.6 is 11.3 Å². The second-order valence-corrected chi connectivity index (χ2v) is 5.57. The van der Waals surface area contributed by atoms with Crippen molar-refractivity contribution in [1.29, 1.82) is 0 Å². The molecule has 0 bridgehead atoms. The van der Waals surface area contributed by atoms with Crippen molar-refractivity contribution in [1.82, 2.24) is 0 Å². The molecule has 19 heavy (non-hydrogen) atoms. The van der Waals surface area contributed by atoms with Crippen LogP contribution in [-0.2, 0) is 6.54 Å². The maximum atomic E-state index is 13.6. The largest absolute Gasteiger partial charge is 0.381 e. The third kappa shape index (κ3) is 2.61. The molecule has 0 saturated carbocycles. The lowest BCUT2D eigenvalue weighted by atomic mass is 10.1. The van der Waals surface area contributed by atoms with E-state index in [1.54, 1.807) is 17.4 Å². The van der Waals surface area contributed by atoms with E-state index < -0.39 is 0 Å². The summed E-state index contributed by atoms with van der Waals surface area (Å²) < 4.78 is 14.9. The maximum absolute atomic E-state index is 13.6. The summed E-state index contributed by atoms with van der Waals surface area (Å²) in [7, 11) is 0. The average molecular weight is 271 g/mol. The average Bonchev–Trinajstić information content (AvgIpc) is 2.87. The fourth-order valence-corrected chi connectivity index (χ4v) is 2.88. The van der Waals surface area contributed by atoms with Gasteiger partial charge < -0.3 is 5.32 Å². The van der Waals surface area contributed by atoms with Gasteiger partial charge in [0.25, 0.3) is 0 Å². The highest BCUT2D eigenvalue weighted by Gasteiger charge is 2.03. The topological polar surface area (TPSA) is 12.0 Å². The lowest BCUT2D eigenvalue weighted by molar-refractivity contribution is 0.612. The third-order valence-corrected chi connectivity index (χ3v) is 4.03. The molecular weight excluding hydrogens is 257 g/mol. The van der Waals surface area contributed by atoms with Crippen LogP contribution in [0.1, 0.15) is 11.1 Å². The van der Waals surface area contributed by atoms with Crippen molar-refractivity contribution < 1.29 is 4.39 Å². The van der Waals surface area contributed by atoms with Crippen LogP contribution in [0.15, 0.2) is 47.8 Å². The molecule has 0 radical (unpaired) electrons. The number of anilines is 1. The predicted molar refractivity (Wildman–Crippen MR) is 80.3 cm³/mol. The molecule has 96 valence electrons. The lowest BCUT2D eigenvalue weighted by Crippen LogP contribution is -2.02. The van der Waals surface area contributed by atoms with Crippen molar-refractivity contribution >= 4 is 27.1 Å². The molecule has 0 aliphatic rings. The van der Waals surface area contributed by atoms with E-state index in [0.29, 0.717) is 12.1 Å². The minimum absolute atomic E-state index is 0.158. The molecule has 0 spiro atoms. The first-order valence-corrected chi connectivity index (χ1v) is 7.06. The Labute approximate surface area is 115 Å². The van der Waals surface area contributed by atoms with Crippen molar-refractivity contribution in [2.45, 2.75) is 13.5 Å². The summed E-state index contributed by atoms with van der Waals surface area (Å²) >= 11 is 1.73. The Morgan fingerprint density at radius 2 is 2.00 bits per heavy atom. The van der Waals surface area contributed by atoms with E-state index in [0.717, 1.165) is 11.3 Å². The quantitative estimate of drug-likeness (QED) is 0.710. The zero-order chi connectivity index (χ0) is 13.2. The Balaban J connectivity index is 1.79. The molecule has 0 saturated heterocycles. The van der Waals surface area contributed by atoms with Gasteiger partial charge >= 0.3 is 0 Å². The number of thiophene rings is 1. The van der Waals surface area contributed by atoms with Crippen molar-refractivity contribution in [3.05, 3.63) is 64.8 Å². The molecular formula is C16H14FNS. The molecule has 1 aromatic heterocycles. The summed E-state index contributed by atoms with van der Waals surface area (Å²) in [4.78, 5) is 0. The van der Waals surface area contributed by atoms with E-state index in [1.165, 1.54) is 16.2 Å². The zero-order valence-corrected chi connectivity index (χ0v) is 11.4. The highest BCUT2D eigenvalue weighted by atomic mass is 32.1. The maximum Gasteiger partial charge on any atom is 0.128 e. The van der Waals surface area contributed by atoms with Gasteiger partial charge in [0.05, 0.1) is 0 Å². The van der Waals surface area contributed by atoms with Crippen LogP contribution < -0.4 is 5.32 Å². The highest BCUT2D eigenvalue weighted by molar-refractivity contribution is 7.17. The molecule has 3 rings (SSSR count). The normalized spacial score (nSPS) is 10.8. The number of halogens is 1. The van der Waals surface area contributed by atoms with Crippen LogP contribution in [0.2, 0.25) is 0 Å². The summed E-state index contributed by atoms with van der Waals surface area (Å²) in [6.07, 6.45) is 0. The van der Waals surface area contributed by atoms with Gasteiger partial charge in [0.2, 0.25) is 0 Å². The molecule has 2 aromatic carbocycles. The van der Waals surface area contributed by atoms with E-state index in [2.05, 4.69) is 28.9 Å². The smallest absolute Gasteiger partial charge is 0.128 e. The van der Waals surface area contributed by atoms with Crippen LogP contribution in [0.4, 0.5) is 10.1 Å². The molecule has 0 unspecified atom stereocenters. The predicted octanol–water partition coefficient (Wildman–Crippen LogP) is 4.96. The number of hydrogen-bond donors (Lipinski definition) is 1. The van der Waals surface area contributed by atoms with E-state index in [-0.39, 0.29) is 5.82 Å². The van der Waals surface area contributed by atoms with Crippen LogP contribution in [0.25, 0.3) is 10.1 Å². The summed E-state index contributed by atoms with van der Waals surface area (Å²) in [5.74, 6) is -0.158. The Kier molecular flexibility index (Phi) is 3.22. The first kappa shape index (κ1) is 12.2. The molecule has 1 nitrogen and oxygen atoms in total. The minimum atomic E-state index is -0.158. The molecule has 1 N–H and O–H groups in total. The van der Waals surface area contributed by atoms with E-state index in [4.69, 9.17) is 0 Å². The van der Waals surface area contributed by atoms with Gasteiger partial charge in [0, 0.05) is 22.5 Å². The Morgan fingerprint density at radius 1 is 1.11 bits per heavy atom. The van der Waals surface area contributed by atoms with Crippen LogP contribution in [0.3, 0.4) is 0 Å². The fourth-order valence-electron chi connectivity index (χ4n) is 2.11. The molecule has 3 heteroatoms. The Morgan fingerprint density at radius 3 is 2.89 bits per heavy atom. The summed E-state index contributed by atoms with van der Waals surface area (Å²) in [6, 6.07) is 13.5. The number of benzene rings is 2. The first-order chi connectivity index (χ1) is 9.22. The number of fused-ring (bicyclic) bond motifs is 1. The van der Waals surface area contributed by atoms with E-state index in [1.807, 2.05) is 19.1 Å². The van der Waals surface area contributed by atoms with Gasteiger partial charge in [0.15, 0.2) is 0 Å². The van der Waals surface area contributed by atoms with Gasteiger partial charge in [-0.05, 0) is 48.0 Å². The van der Waals surface area contributed by atoms with E-state index >= 15 is 0 Å². The van der Waals surface area contributed by atoms with Crippen molar-refractivity contribution in [2.75, 3.05) is 5.32 Å². The second-order valence-electron chi connectivity index (χ2n) is 4.62. The fraction of sp³-hybridized carbons (Fsp3) is 0.125. The van der Waals surface area contributed by atoms with E-state index in [9.17, 15) is 4.39 Å². The summed E-state index contributed by atoms with van der Waals surface area (Å²) in [5.41, 5.74) is 2.80. The van der Waals surface area contributed by atoms with Crippen LogP contribution in [0, 0.1) is 12.7 Å². The number of nitrogens with one attached hydrogen (secondary N) is 1. The van der Waals surface area contributed by atoms with Crippen LogP contribution in [-0.4, -0.2) is 0 Å². The molecule has 0 aliphatic carbocycles. The first-order valence-electron chi connectivity index (χ1n) is 6.18. The molecule has 0 aliphatic heterocycles. The highest BCUT2D eigenvalue weighted by Crippen LogP contribution is 2.24. The van der Waals surface area contributed by atoms with Gasteiger partial charge in [-0.15, -0.1) is 11.3 Å². The van der Waals surface area contributed by atoms with Gasteiger partial charge in [0.1, 0.15) is 5.82 Å². The number of hydrogen-bond acceptors (Lipinski definition) is 2. The lowest BCUT2D eigenvalue weighted by Gasteiger charge is -2.08. The summed E-state index contributed by atoms with van der Waals surface area (Å²) in [5, 5.41) is 6.58. The van der Waals surface area contributed by atoms with Gasteiger partial charge in [-0.25, -0.2) is 4.39 Å². The van der Waals surface area contributed by atoms with Gasteiger partial charge in [-0.2, -0.15) is 0 Å². The van der Waals surface area contributed by atoms with Crippen molar-refractivity contribution in [3.63, 3.8) is 0 Å². The molecule has 3 aromatic rings. The minimum Gasteiger partial charge on any atom is -0.381 e. The standard InChI is InChI=1S/C16H14FNS/c1-11-2-4-15(17)13(8-11)10-18-14-3-5-16-12(9-14)6-7-19-16/h2-9,18H,10H2,1H3.